The van der Waals surface area contributed by atoms with Crippen LogP contribution in [-0.2, 0) is 13.0 Å². The molecule has 2 N–H and O–H groups in total. The van der Waals surface area contributed by atoms with E-state index in [4.69, 9.17) is 0 Å². The number of carbonyl (C=O) groups is 1. The van der Waals surface area contributed by atoms with Gasteiger partial charge < -0.3 is 25.1 Å². The van der Waals surface area contributed by atoms with Crippen LogP contribution < -0.4 is 15.1 Å². The molecule has 0 saturated carbocycles. The van der Waals surface area contributed by atoms with E-state index in [1.807, 2.05) is 23.1 Å². The molecular weight excluding hydrogens is 679 g/mol. The molecule has 0 bridgehead atoms. The molecule has 286 valence electrons. The Morgan fingerprint density at radius 1 is 0.818 bits per heavy atom. The molecule has 4 aliphatic heterocycles. The zero-order valence-electron chi connectivity index (χ0n) is 32.6. The van der Waals surface area contributed by atoms with Crippen LogP contribution in [0.2, 0.25) is 0 Å². The van der Waals surface area contributed by atoms with Gasteiger partial charge in [0.2, 0.25) is 0 Å². The number of allylic oxidation sites excluding steroid dienone is 5. The molecule has 55 heavy (non-hydrogen) atoms. The number of fused-ring (bicyclic) bond motifs is 2. The van der Waals surface area contributed by atoms with Crippen LogP contribution in [0.5, 0.6) is 5.75 Å². The number of hydrogen-bond donors (Lipinski definition) is 2. The number of anilines is 2. The number of nitrogens with zero attached hydrogens (tertiary/aromatic N) is 4. The minimum Gasteiger partial charge on any atom is -0.508 e. The van der Waals surface area contributed by atoms with Gasteiger partial charge >= 0.3 is 0 Å². The second-order valence-corrected chi connectivity index (χ2v) is 17.2. The molecule has 2 aliphatic carbocycles. The molecule has 9 rings (SSSR count). The largest absolute Gasteiger partial charge is 0.508 e. The highest BCUT2D eigenvalue weighted by Gasteiger charge is 2.37. The summed E-state index contributed by atoms with van der Waals surface area (Å²) in [6, 6.07) is 22.0. The Hall–Kier alpha value is -4.75. The molecule has 3 fully saturated rings. The normalized spacial score (nSPS) is 26.2. The SMILES string of the molecule is C=C1CCC(N2Cc3cc(N4CCN(CC5CCN(c6ccc(C7c8ccc(O)cc8CCC7C7=CCC(C)C=C7)cc6)CC5)CC4)ccc3C2=O)C(=C)N1. The van der Waals surface area contributed by atoms with E-state index in [9.17, 15) is 9.90 Å². The van der Waals surface area contributed by atoms with Crippen molar-refractivity contribution in [1.29, 1.82) is 0 Å². The third-order valence-corrected chi connectivity index (χ3v) is 13.6. The van der Waals surface area contributed by atoms with Gasteiger partial charge in [0.05, 0.1) is 6.04 Å². The van der Waals surface area contributed by atoms with Gasteiger partial charge in [-0.1, -0.05) is 56.5 Å². The van der Waals surface area contributed by atoms with Crippen molar-refractivity contribution in [3.05, 3.63) is 137 Å². The zero-order valence-corrected chi connectivity index (χ0v) is 32.6. The van der Waals surface area contributed by atoms with Crippen molar-refractivity contribution in [1.82, 2.24) is 15.1 Å². The van der Waals surface area contributed by atoms with Crippen molar-refractivity contribution in [3.8, 4) is 5.75 Å². The number of piperidine rings is 2. The van der Waals surface area contributed by atoms with Crippen LogP contribution >= 0.6 is 0 Å². The molecule has 3 aromatic carbocycles. The summed E-state index contributed by atoms with van der Waals surface area (Å²) in [5.74, 6) is 2.60. The number of hydrogen-bond acceptors (Lipinski definition) is 6. The zero-order chi connectivity index (χ0) is 37.6. The Kier molecular flexibility index (Phi) is 9.84. The number of phenolic OH excluding ortho intramolecular Hbond substituents is 1. The van der Waals surface area contributed by atoms with Crippen LogP contribution in [0.3, 0.4) is 0 Å². The highest BCUT2D eigenvalue weighted by atomic mass is 16.3. The van der Waals surface area contributed by atoms with Crippen molar-refractivity contribution in [2.45, 2.75) is 70.4 Å². The molecule has 0 aromatic heterocycles. The number of amides is 1. The fourth-order valence-corrected chi connectivity index (χ4v) is 10.4. The van der Waals surface area contributed by atoms with E-state index in [2.05, 4.69) is 101 Å². The van der Waals surface area contributed by atoms with E-state index in [1.165, 1.54) is 53.0 Å². The van der Waals surface area contributed by atoms with Gasteiger partial charge in [-0.25, -0.2) is 0 Å². The Morgan fingerprint density at radius 2 is 1.58 bits per heavy atom. The summed E-state index contributed by atoms with van der Waals surface area (Å²) in [7, 11) is 0. The molecule has 0 radical (unpaired) electrons. The second-order valence-electron chi connectivity index (χ2n) is 17.2. The second kappa shape index (κ2) is 15.1. The first-order valence-electron chi connectivity index (χ1n) is 20.9. The Balaban J connectivity index is 0.780. The number of rotatable bonds is 7. The number of nitrogens with one attached hydrogen (secondary N) is 1. The lowest BCUT2D eigenvalue weighted by atomic mass is 9.68. The fourth-order valence-electron chi connectivity index (χ4n) is 10.4. The molecule has 6 aliphatic rings. The minimum atomic E-state index is 0.0201. The lowest BCUT2D eigenvalue weighted by molar-refractivity contribution is 0.0711. The van der Waals surface area contributed by atoms with Crippen LogP contribution in [0.15, 0.2) is 109 Å². The van der Waals surface area contributed by atoms with E-state index < -0.39 is 0 Å². The molecule has 4 unspecified atom stereocenters. The Labute approximate surface area is 327 Å². The number of benzene rings is 3. The lowest BCUT2D eigenvalue weighted by Gasteiger charge is -2.40. The van der Waals surface area contributed by atoms with E-state index in [0.29, 0.717) is 30.0 Å². The van der Waals surface area contributed by atoms with Gasteiger partial charge in [0.1, 0.15) is 5.75 Å². The first kappa shape index (κ1) is 35.9. The van der Waals surface area contributed by atoms with Gasteiger partial charge in [0.15, 0.2) is 0 Å². The smallest absolute Gasteiger partial charge is 0.255 e. The molecule has 7 nitrogen and oxygen atoms in total. The Bertz CT molecular complexity index is 2020. The minimum absolute atomic E-state index is 0.0201. The monoisotopic (exact) mass is 735 g/mol. The number of carbonyl (C=O) groups excluding carboxylic acids is 1. The van der Waals surface area contributed by atoms with E-state index in [-0.39, 0.29) is 11.9 Å². The topological polar surface area (TPSA) is 62.3 Å². The predicted octanol–water partition coefficient (Wildman–Crippen LogP) is 8.38. The molecule has 3 aromatic rings. The average molecular weight is 736 g/mol. The molecule has 7 heteroatoms. The maximum Gasteiger partial charge on any atom is 0.255 e. The van der Waals surface area contributed by atoms with Crippen molar-refractivity contribution < 1.29 is 9.90 Å². The van der Waals surface area contributed by atoms with Gasteiger partial charge in [-0.15, -0.1) is 0 Å². The lowest BCUT2D eigenvalue weighted by Crippen LogP contribution is -2.49. The highest BCUT2D eigenvalue weighted by Crippen LogP contribution is 2.46. The summed E-state index contributed by atoms with van der Waals surface area (Å²) in [4.78, 5) is 23.1. The molecule has 0 spiro atoms. The van der Waals surface area contributed by atoms with Crippen molar-refractivity contribution in [3.63, 3.8) is 0 Å². The van der Waals surface area contributed by atoms with Crippen LogP contribution in [0, 0.1) is 17.8 Å². The number of piperazine rings is 1. The Morgan fingerprint density at radius 3 is 2.33 bits per heavy atom. The number of phenols is 1. The molecule has 3 saturated heterocycles. The van der Waals surface area contributed by atoms with Crippen LogP contribution in [0.4, 0.5) is 11.4 Å². The van der Waals surface area contributed by atoms with Gasteiger partial charge in [-0.3, -0.25) is 9.69 Å². The quantitative estimate of drug-likeness (QED) is 0.254. The van der Waals surface area contributed by atoms with Crippen molar-refractivity contribution in [2.75, 3.05) is 55.6 Å². The van der Waals surface area contributed by atoms with E-state index in [1.54, 1.807) is 0 Å². The summed E-state index contributed by atoms with van der Waals surface area (Å²) in [5.41, 5.74) is 11.9. The average Bonchev–Trinajstić information content (AvgIpc) is 3.53. The number of aromatic hydroxyl groups is 1. The first-order valence-corrected chi connectivity index (χ1v) is 20.9. The van der Waals surface area contributed by atoms with Gasteiger partial charge in [0, 0.05) is 86.6 Å². The molecule has 1 amide bonds. The van der Waals surface area contributed by atoms with E-state index in [0.717, 1.165) is 99.8 Å². The van der Waals surface area contributed by atoms with Crippen LogP contribution in [-0.4, -0.2) is 72.7 Å². The van der Waals surface area contributed by atoms with Gasteiger partial charge in [0.25, 0.3) is 5.91 Å². The molecular formula is C48H57N5O2. The van der Waals surface area contributed by atoms with Crippen LogP contribution in [0.1, 0.15) is 84.0 Å². The fraction of sp³-hybridized carbons (Fsp3) is 0.438. The van der Waals surface area contributed by atoms with Gasteiger partial charge in [-0.2, -0.15) is 0 Å². The maximum atomic E-state index is 13.3. The third-order valence-electron chi connectivity index (χ3n) is 13.6. The first-order chi connectivity index (χ1) is 26.8. The van der Waals surface area contributed by atoms with Gasteiger partial charge in [-0.05, 0) is 133 Å². The summed E-state index contributed by atoms with van der Waals surface area (Å²) in [6.45, 7) is 18.8. The summed E-state index contributed by atoms with van der Waals surface area (Å²) >= 11 is 0. The standard InChI is InChI=1S/C48H57N5O2/c1-32-4-7-36(8-5-32)43-16-11-38-29-42(54)15-18-44(38)47(43)37-9-12-40(13-10-37)51-22-20-35(21-23-51)30-50-24-26-52(27-25-50)41-14-17-45-39(28-41)31-53(48(45)55)46-19-6-33(2)49-34(46)3/h4,7-10,12-15,17-18,28-29,32,35,43,46-47,49,54H,2-3,5-6,11,16,19-27,30-31H2,1H3. The predicted molar refractivity (Wildman–Crippen MR) is 224 cm³/mol. The molecule has 4 heterocycles. The van der Waals surface area contributed by atoms with E-state index >= 15 is 0 Å². The maximum absolute atomic E-state index is 13.3. The third kappa shape index (κ3) is 7.24. The molecule has 4 atom stereocenters. The van der Waals surface area contributed by atoms with Crippen molar-refractivity contribution >= 4 is 17.3 Å². The summed E-state index contributed by atoms with van der Waals surface area (Å²) < 4.78 is 0. The van der Waals surface area contributed by atoms with Crippen LogP contribution in [0.25, 0.3) is 0 Å². The summed E-state index contributed by atoms with van der Waals surface area (Å²) in [5, 5.41) is 13.5. The highest BCUT2D eigenvalue weighted by molar-refractivity contribution is 5.99. The number of aryl methyl sites for hydroxylation is 1. The van der Waals surface area contributed by atoms with Crippen molar-refractivity contribution in [2.24, 2.45) is 17.8 Å². The summed E-state index contributed by atoms with van der Waals surface area (Å²) in [6.07, 6.45) is 14.7.